The molecule has 8 heteroatoms. The van der Waals surface area contributed by atoms with Gasteiger partial charge >= 0.3 is 5.97 Å². The molecule has 0 unspecified atom stereocenters. The van der Waals surface area contributed by atoms with E-state index in [0.717, 1.165) is 9.87 Å². The molecule has 2 aromatic carbocycles. The van der Waals surface area contributed by atoms with Crippen molar-refractivity contribution < 1.29 is 22.7 Å². The maximum atomic E-state index is 12.6. The van der Waals surface area contributed by atoms with Crippen molar-refractivity contribution in [1.29, 1.82) is 0 Å². The summed E-state index contributed by atoms with van der Waals surface area (Å²) < 4.78 is 30.5. The van der Waals surface area contributed by atoms with Crippen LogP contribution >= 0.6 is 0 Å². The van der Waals surface area contributed by atoms with Gasteiger partial charge in [0.25, 0.3) is 5.91 Å². The average Bonchev–Trinajstić information content (AvgIpc) is 2.63. The van der Waals surface area contributed by atoms with Crippen molar-refractivity contribution in [3.8, 4) is 0 Å². The van der Waals surface area contributed by atoms with Gasteiger partial charge in [-0.2, -0.15) is 0 Å². The van der Waals surface area contributed by atoms with Crippen LogP contribution in [0.2, 0.25) is 0 Å². The number of carbonyl (C=O) groups excluding carboxylic acids is 2. The van der Waals surface area contributed by atoms with E-state index < -0.39 is 21.9 Å². The first kappa shape index (κ1) is 20.6. The van der Waals surface area contributed by atoms with Crippen LogP contribution in [0.5, 0.6) is 0 Å². The van der Waals surface area contributed by atoms with E-state index in [1.807, 2.05) is 0 Å². The first-order valence-electron chi connectivity index (χ1n) is 8.28. The van der Waals surface area contributed by atoms with Crippen LogP contribution in [-0.4, -0.2) is 45.3 Å². The summed E-state index contributed by atoms with van der Waals surface area (Å²) >= 11 is 0. The molecule has 0 spiro atoms. The predicted molar refractivity (Wildman–Crippen MR) is 102 cm³/mol. The highest BCUT2D eigenvalue weighted by atomic mass is 32.2. The fraction of sp³-hybridized carbons (Fsp3) is 0.263. The lowest BCUT2D eigenvalue weighted by molar-refractivity contribution is 0.0526. The topological polar surface area (TPSA) is 92.8 Å². The largest absolute Gasteiger partial charge is 0.462 e. The van der Waals surface area contributed by atoms with E-state index in [9.17, 15) is 18.0 Å². The summed E-state index contributed by atoms with van der Waals surface area (Å²) in [7, 11) is -0.800. The molecular formula is C19H22N2O5S. The van der Waals surface area contributed by atoms with Gasteiger partial charge in [-0.3, -0.25) is 4.79 Å². The Kier molecular flexibility index (Phi) is 6.35. The summed E-state index contributed by atoms with van der Waals surface area (Å²) in [5, 5.41) is 2.72. The van der Waals surface area contributed by atoms with Crippen LogP contribution in [0.3, 0.4) is 0 Å². The molecule has 1 N–H and O–H groups in total. The van der Waals surface area contributed by atoms with Gasteiger partial charge in [0, 0.05) is 25.3 Å². The molecule has 7 nitrogen and oxygen atoms in total. The van der Waals surface area contributed by atoms with Crippen LogP contribution in [0, 0.1) is 6.92 Å². The van der Waals surface area contributed by atoms with E-state index in [1.165, 1.54) is 44.4 Å². The summed E-state index contributed by atoms with van der Waals surface area (Å²) in [4.78, 5) is 24.5. The normalized spacial score (nSPS) is 11.3. The predicted octanol–water partition coefficient (Wildman–Crippen LogP) is 2.67. The quantitative estimate of drug-likeness (QED) is 0.766. The van der Waals surface area contributed by atoms with Crippen LogP contribution in [0.25, 0.3) is 0 Å². The number of aryl methyl sites for hydroxylation is 1. The first-order valence-corrected chi connectivity index (χ1v) is 9.72. The minimum absolute atomic E-state index is 0.0251. The van der Waals surface area contributed by atoms with Gasteiger partial charge in [0.05, 0.1) is 17.1 Å². The van der Waals surface area contributed by atoms with Gasteiger partial charge in [0.2, 0.25) is 10.0 Å². The highest BCUT2D eigenvalue weighted by molar-refractivity contribution is 7.89. The molecule has 0 fully saturated rings. The highest BCUT2D eigenvalue weighted by Gasteiger charge is 2.19. The van der Waals surface area contributed by atoms with E-state index in [4.69, 9.17) is 4.74 Å². The zero-order chi connectivity index (χ0) is 20.2. The number of carbonyl (C=O) groups is 2. The van der Waals surface area contributed by atoms with Crippen molar-refractivity contribution in [2.24, 2.45) is 0 Å². The second-order valence-electron chi connectivity index (χ2n) is 6.02. The lowest BCUT2D eigenvalue weighted by Crippen LogP contribution is -2.23. The van der Waals surface area contributed by atoms with Crippen molar-refractivity contribution in [3.63, 3.8) is 0 Å². The highest BCUT2D eigenvalue weighted by Crippen LogP contribution is 2.20. The molecule has 1 amide bonds. The number of ether oxygens (including phenoxy) is 1. The molecule has 0 atom stereocenters. The van der Waals surface area contributed by atoms with E-state index in [1.54, 1.807) is 26.0 Å². The zero-order valence-corrected chi connectivity index (χ0v) is 16.5. The Balaban J connectivity index is 2.31. The second-order valence-corrected chi connectivity index (χ2v) is 8.17. The zero-order valence-electron chi connectivity index (χ0n) is 15.6. The summed E-state index contributed by atoms with van der Waals surface area (Å²) in [6.07, 6.45) is 0. The lowest BCUT2D eigenvalue weighted by Gasteiger charge is -2.13. The van der Waals surface area contributed by atoms with E-state index in [-0.39, 0.29) is 17.1 Å². The monoisotopic (exact) mass is 390 g/mol. The van der Waals surface area contributed by atoms with Crippen molar-refractivity contribution in [1.82, 2.24) is 4.31 Å². The van der Waals surface area contributed by atoms with Crippen LogP contribution < -0.4 is 5.32 Å². The van der Waals surface area contributed by atoms with Gasteiger partial charge in [0.1, 0.15) is 0 Å². The third-order valence-electron chi connectivity index (χ3n) is 3.87. The second kappa shape index (κ2) is 8.32. The summed E-state index contributed by atoms with van der Waals surface area (Å²) in [5.74, 6) is -0.956. The molecule has 0 aliphatic rings. The van der Waals surface area contributed by atoms with Crippen LogP contribution in [0.4, 0.5) is 5.69 Å². The van der Waals surface area contributed by atoms with Crippen LogP contribution in [-0.2, 0) is 14.8 Å². The number of rotatable bonds is 6. The molecule has 0 heterocycles. The fourth-order valence-corrected chi connectivity index (χ4v) is 3.25. The first-order chi connectivity index (χ1) is 12.7. The molecule has 144 valence electrons. The SMILES string of the molecule is CCOC(=O)c1ccc(C)c(NC(=O)c2cccc(S(=O)(=O)N(C)C)c2)c1. The Hall–Kier alpha value is -2.71. The number of nitrogens with one attached hydrogen (secondary N) is 1. The van der Waals surface area contributed by atoms with Gasteiger partial charge in [-0.25, -0.2) is 17.5 Å². The number of sulfonamides is 1. The number of nitrogens with zero attached hydrogens (tertiary/aromatic N) is 1. The Morgan fingerprint density at radius 3 is 2.41 bits per heavy atom. The maximum absolute atomic E-state index is 12.6. The Labute approximate surface area is 159 Å². The van der Waals surface area contributed by atoms with Gasteiger partial charge in [0.15, 0.2) is 0 Å². The van der Waals surface area contributed by atoms with E-state index in [2.05, 4.69) is 5.32 Å². The molecule has 2 rings (SSSR count). The Morgan fingerprint density at radius 2 is 1.78 bits per heavy atom. The fourth-order valence-electron chi connectivity index (χ4n) is 2.30. The van der Waals surface area contributed by atoms with Gasteiger partial charge in [-0.05, 0) is 49.7 Å². The van der Waals surface area contributed by atoms with Crippen molar-refractivity contribution in [2.75, 3.05) is 26.0 Å². The standard InChI is InChI=1S/C19H22N2O5S/c1-5-26-19(23)15-10-9-13(2)17(12-15)20-18(22)14-7-6-8-16(11-14)27(24,25)21(3)4/h6-12H,5H2,1-4H3,(H,20,22). The number of benzene rings is 2. The lowest BCUT2D eigenvalue weighted by atomic mass is 10.1. The van der Waals surface area contributed by atoms with Crippen molar-refractivity contribution in [3.05, 3.63) is 59.2 Å². The Morgan fingerprint density at radius 1 is 1.07 bits per heavy atom. The van der Waals surface area contributed by atoms with Crippen molar-refractivity contribution >= 4 is 27.6 Å². The third-order valence-corrected chi connectivity index (χ3v) is 5.68. The van der Waals surface area contributed by atoms with Crippen LogP contribution in [0.15, 0.2) is 47.4 Å². The molecule has 27 heavy (non-hydrogen) atoms. The number of esters is 1. The number of amides is 1. The number of hydrogen-bond donors (Lipinski definition) is 1. The summed E-state index contributed by atoms with van der Waals surface area (Å²) in [5.41, 5.74) is 1.72. The molecule has 0 saturated heterocycles. The van der Waals surface area contributed by atoms with Crippen LogP contribution in [0.1, 0.15) is 33.2 Å². The van der Waals surface area contributed by atoms with E-state index in [0.29, 0.717) is 11.3 Å². The van der Waals surface area contributed by atoms with Crippen molar-refractivity contribution in [2.45, 2.75) is 18.7 Å². The minimum Gasteiger partial charge on any atom is -0.462 e. The number of anilines is 1. The molecule has 0 aliphatic heterocycles. The Bertz CT molecular complexity index is 968. The van der Waals surface area contributed by atoms with Gasteiger partial charge < -0.3 is 10.1 Å². The molecule has 0 radical (unpaired) electrons. The van der Waals surface area contributed by atoms with E-state index >= 15 is 0 Å². The van der Waals surface area contributed by atoms with Gasteiger partial charge in [-0.15, -0.1) is 0 Å². The maximum Gasteiger partial charge on any atom is 0.338 e. The molecular weight excluding hydrogens is 368 g/mol. The minimum atomic E-state index is -3.65. The third kappa shape index (κ3) is 4.72. The average molecular weight is 390 g/mol. The molecule has 0 aliphatic carbocycles. The molecule has 2 aromatic rings. The molecule has 0 bridgehead atoms. The number of hydrogen-bond acceptors (Lipinski definition) is 5. The summed E-state index contributed by atoms with van der Waals surface area (Å²) in [6.45, 7) is 3.75. The molecule has 0 saturated carbocycles. The summed E-state index contributed by atoms with van der Waals surface area (Å²) in [6, 6.07) is 10.6. The van der Waals surface area contributed by atoms with Gasteiger partial charge in [-0.1, -0.05) is 12.1 Å². The molecule has 0 aromatic heterocycles. The smallest absolute Gasteiger partial charge is 0.338 e.